The zero-order chi connectivity index (χ0) is 19.4. The van der Waals surface area contributed by atoms with Gasteiger partial charge in [0.2, 0.25) is 0 Å². The fourth-order valence-corrected chi connectivity index (χ4v) is 5.42. The van der Waals surface area contributed by atoms with Crippen LogP contribution in [-0.2, 0) is 26.1 Å². The summed E-state index contributed by atoms with van der Waals surface area (Å²) >= 11 is 0. The average Bonchev–Trinajstić information content (AvgIpc) is 2.50. The topological polar surface area (TPSA) is 150 Å². The molecule has 8 nitrogen and oxygen atoms in total. The van der Waals surface area contributed by atoms with Gasteiger partial charge >= 0.3 is 0 Å². The first-order valence-corrected chi connectivity index (χ1v) is 11.2. The summed E-state index contributed by atoms with van der Waals surface area (Å²) in [5, 5.41) is 0. The molecule has 0 spiro atoms. The molecule has 10 heteroatoms. The highest BCUT2D eigenvalue weighted by molar-refractivity contribution is 7.94. The first-order valence-electron chi connectivity index (χ1n) is 7.67. The summed E-state index contributed by atoms with van der Waals surface area (Å²) in [5.41, 5.74) is 10.7. The smallest absolute Gasteiger partial charge is 0.280 e. The first kappa shape index (κ1) is 21.1. The number of nitrogens with zero attached hydrogens (tertiary/aromatic N) is 1. The molecule has 0 fully saturated rings. The Morgan fingerprint density at radius 2 is 1.68 bits per heavy atom. The molecule has 0 aliphatic heterocycles. The Bertz CT molecular complexity index is 899. The molecule has 0 saturated heterocycles. The fourth-order valence-electron chi connectivity index (χ4n) is 2.25. The molecule has 0 bridgehead atoms. The van der Waals surface area contributed by atoms with Gasteiger partial charge in [0.1, 0.15) is 0 Å². The normalized spacial score (nSPS) is 12.0. The van der Waals surface area contributed by atoms with E-state index in [1.807, 2.05) is 6.92 Å². The molecular formula is C15H23N3O5S2. The zero-order valence-electron chi connectivity index (χ0n) is 14.4. The molecule has 140 valence electrons. The third-order valence-electron chi connectivity index (χ3n) is 3.51. The van der Waals surface area contributed by atoms with Crippen LogP contribution in [0.25, 0.3) is 0 Å². The second kappa shape index (κ2) is 7.96. The summed E-state index contributed by atoms with van der Waals surface area (Å²) in [5.74, 6) is -1.46. The summed E-state index contributed by atoms with van der Waals surface area (Å²) in [6.45, 7) is 3.55. The van der Waals surface area contributed by atoms with Gasteiger partial charge < -0.3 is 11.5 Å². The number of nitrogens with two attached hydrogens (primary N) is 2. The maximum atomic E-state index is 12.6. The number of benzene rings is 1. The van der Waals surface area contributed by atoms with Crippen molar-refractivity contribution >= 4 is 31.5 Å². The number of guanidine groups is 1. The molecule has 0 unspecified atom stereocenters. The molecule has 1 aromatic carbocycles. The van der Waals surface area contributed by atoms with Crippen molar-refractivity contribution in [3.63, 3.8) is 0 Å². The van der Waals surface area contributed by atoms with Crippen LogP contribution in [0.15, 0.2) is 26.9 Å². The van der Waals surface area contributed by atoms with E-state index in [9.17, 15) is 21.6 Å². The fraction of sp³-hybridized carbons (Fsp3) is 0.467. The van der Waals surface area contributed by atoms with E-state index in [0.717, 1.165) is 12.3 Å². The molecule has 1 aromatic rings. The number of unbranched alkanes of at least 4 members (excludes halogenated alkanes) is 1. The van der Waals surface area contributed by atoms with Crippen molar-refractivity contribution in [2.45, 2.75) is 42.9 Å². The van der Waals surface area contributed by atoms with Crippen LogP contribution < -0.4 is 11.5 Å². The SMILES string of the molecule is CCCCS(=O)(=O)c1cc(CC)c(C(=O)N=C(N)N)cc1S(C)(=O)=O. The number of sulfone groups is 2. The molecule has 1 amide bonds. The standard InChI is InChI=1S/C15H23N3O5S2/c1-4-6-7-25(22,23)13-8-10(5-2)11(14(19)18-15(16)17)9-12(13)24(3,20)21/h8-9H,4-7H2,1-3H3,(H4,16,17,18,19). The minimum absolute atomic E-state index is 0.0363. The van der Waals surface area contributed by atoms with Crippen LogP contribution in [0.4, 0.5) is 0 Å². The van der Waals surface area contributed by atoms with Gasteiger partial charge in [0, 0.05) is 11.8 Å². The molecule has 0 radical (unpaired) electrons. The van der Waals surface area contributed by atoms with Crippen LogP contribution in [0.1, 0.15) is 42.6 Å². The van der Waals surface area contributed by atoms with Gasteiger partial charge in [0.15, 0.2) is 25.6 Å². The highest BCUT2D eigenvalue weighted by Crippen LogP contribution is 2.28. The Labute approximate surface area is 148 Å². The summed E-state index contributed by atoms with van der Waals surface area (Å²) < 4.78 is 49.4. The van der Waals surface area contributed by atoms with Gasteiger partial charge in [-0.3, -0.25) is 4.79 Å². The summed E-state index contributed by atoms with van der Waals surface area (Å²) in [6, 6.07) is 2.28. The van der Waals surface area contributed by atoms with E-state index >= 15 is 0 Å². The molecule has 1 rings (SSSR count). The molecule has 0 heterocycles. The van der Waals surface area contributed by atoms with Crippen molar-refractivity contribution in [1.29, 1.82) is 0 Å². The molecular weight excluding hydrogens is 366 g/mol. The van der Waals surface area contributed by atoms with Gasteiger partial charge in [-0.2, -0.15) is 4.99 Å². The highest BCUT2D eigenvalue weighted by Gasteiger charge is 2.27. The van der Waals surface area contributed by atoms with Crippen LogP contribution in [0.2, 0.25) is 0 Å². The number of carbonyl (C=O) groups is 1. The van der Waals surface area contributed by atoms with Gasteiger partial charge in [0.05, 0.1) is 15.5 Å². The van der Waals surface area contributed by atoms with E-state index in [-0.39, 0.29) is 16.2 Å². The quantitative estimate of drug-likeness (QED) is 0.513. The molecule has 0 aromatic heterocycles. The van der Waals surface area contributed by atoms with Crippen molar-refractivity contribution in [2.24, 2.45) is 16.5 Å². The lowest BCUT2D eigenvalue weighted by Crippen LogP contribution is -2.24. The van der Waals surface area contributed by atoms with Gasteiger partial charge in [0.25, 0.3) is 5.91 Å². The average molecular weight is 389 g/mol. The van der Waals surface area contributed by atoms with Crippen LogP contribution in [0.3, 0.4) is 0 Å². The lowest BCUT2D eigenvalue weighted by Gasteiger charge is -2.14. The molecule has 25 heavy (non-hydrogen) atoms. The minimum Gasteiger partial charge on any atom is -0.370 e. The van der Waals surface area contributed by atoms with Crippen molar-refractivity contribution in [2.75, 3.05) is 12.0 Å². The van der Waals surface area contributed by atoms with Crippen LogP contribution in [0, 0.1) is 0 Å². The number of hydrogen-bond donors (Lipinski definition) is 2. The molecule has 0 atom stereocenters. The van der Waals surface area contributed by atoms with E-state index in [1.165, 1.54) is 6.07 Å². The van der Waals surface area contributed by atoms with Gasteiger partial charge in [-0.25, -0.2) is 16.8 Å². The molecule has 0 aliphatic carbocycles. The Kier molecular flexibility index (Phi) is 6.72. The van der Waals surface area contributed by atoms with Gasteiger partial charge in [-0.15, -0.1) is 0 Å². The Balaban J connectivity index is 3.76. The van der Waals surface area contributed by atoms with Crippen molar-refractivity contribution in [3.05, 3.63) is 23.3 Å². The molecule has 0 saturated carbocycles. The van der Waals surface area contributed by atoms with E-state index in [2.05, 4.69) is 4.99 Å². The Morgan fingerprint density at radius 3 is 2.12 bits per heavy atom. The summed E-state index contributed by atoms with van der Waals surface area (Å²) in [4.78, 5) is 14.9. The predicted octanol–water partition coefficient (Wildman–Crippen LogP) is 0.640. The van der Waals surface area contributed by atoms with Gasteiger partial charge in [-0.05, 0) is 30.5 Å². The predicted molar refractivity (Wildman–Crippen MR) is 96.0 cm³/mol. The van der Waals surface area contributed by atoms with Crippen molar-refractivity contribution in [3.8, 4) is 0 Å². The van der Waals surface area contributed by atoms with Crippen molar-refractivity contribution in [1.82, 2.24) is 0 Å². The Morgan fingerprint density at radius 1 is 1.08 bits per heavy atom. The zero-order valence-corrected chi connectivity index (χ0v) is 16.1. The Hall–Kier alpha value is -1.94. The molecule has 4 N–H and O–H groups in total. The summed E-state index contributed by atoms with van der Waals surface area (Å²) in [7, 11) is -7.70. The number of aliphatic imine (C=N–C) groups is 1. The number of carbonyl (C=O) groups excluding carboxylic acids is 1. The third-order valence-corrected chi connectivity index (χ3v) is 6.61. The highest BCUT2D eigenvalue weighted by atomic mass is 32.2. The number of amides is 1. The second-order valence-electron chi connectivity index (χ2n) is 5.60. The van der Waals surface area contributed by atoms with E-state index in [1.54, 1.807) is 6.92 Å². The largest absolute Gasteiger partial charge is 0.370 e. The first-order chi connectivity index (χ1) is 11.4. The maximum absolute atomic E-state index is 12.6. The monoisotopic (exact) mass is 389 g/mol. The van der Waals surface area contributed by atoms with Crippen LogP contribution >= 0.6 is 0 Å². The lowest BCUT2D eigenvalue weighted by molar-refractivity contribution is 0.100. The molecule has 0 aliphatic rings. The maximum Gasteiger partial charge on any atom is 0.280 e. The van der Waals surface area contributed by atoms with Crippen molar-refractivity contribution < 1.29 is 21.6 Å². The van der Waals surface area contributed by atoms with Crippen LogP contribution in [-0.4, -0.2) is 40.7 Å². The van der Waals surface area contributed by atoms with Crippen LogP contribution in [0.5, 0.6) is 0 Å². The minimum atomic E-state index is -3.89. The lowest BCUT2D eigenvalue weighted by atomic mass is 10.0. The summed E-state index contributed by atoms with van der Waals surface area (Å²) in [6.07, 6.45) is 2.25. The number of hydrogen-bond acceptors (Lipinski definition) is 5. The van der Waals surface area contributed by atoms with E-state index in [0.29, 0.717) is 24.8 Å². The number of rotatable bonds is 7. The van der Waals surface area contributed by atoms with E-state index < -0.39 is 36.4 Å². The third kappa shape index (κ3) is 5.27. The second-order valence-corrected chi connectivity index (χ2v) is 9.66. The van der Waals surface area contributed by atoms with Gasteiger partial charge in [-0.1, -0.05) is 20.3 Å². The van der Waals surface area contributed by atoms with E-state index in [4.69, 9.17) is 11.5 Å². The number of aryl methyl sites for hydroxylation is 1.